The fraction of sp³-hybridized carbons (Fsp3) is 0.316. The summed E-state index contributed by atoms with van der Waals surface area (Å²) >= 11 is 0. The summed E-state index contributed by atoms with van der Waals surface area (Å²) in [5, 5.41) is 7.21. The van der Waals surface area contributed by atoms with Crippen LogP contribution in [0.2, 0.25) is 0 Å². The Hall–Kier alpha value is -3.09. The van der Waals surface area contributed by atoms with Gasteiger partial charge in [-0.15, -0.1) is 0 Å². The van der Waals surface area contributed by atoms with E-state index in [1.54, 1.807) is 35.9 Å². The van der Waals surface area contributed by atoms with E-state index in [4.69, 9.17) is 9.47 Å². The molecule has 0 atom stereocenters. The van der Waals surface area contributed by atoms with Crippen LogP contribution in [0.25, 0.3) is 5.65 Å². The summed E-state index contributed by atoms with van der Waals surface area (Å²) < 4.78 is 12.3. The van der Waals surface area contributed by atoms with Crippen molar-refractivity contribution < 1.29 is 14.3 Å². The van der Waals surface area contributed by atoms with Gasteiger partial charge in [-0.1, -0.05) is 0 Å². The predicted molar refractivity (Wildman–Crippen MR) is 97.5 cm³/mol. The average molecular weight is 354 g/mol. The van der Waals surface area contributed by atoms with Crippen molar-refractivity contribution in [1.82, 2.24) is 19.9 Å². The summed E-state index contributed by atoms with van der Waals surface area (Å²) in [5.74, 6) is 1.24. The lowest BCUT2D eigenvalue weighted by Crippen LogP contribution is -2.29. The third-order valence-corrected chi connectivity index (χ3v) is 3.88. The summed E-state index contributed by atoms with van der Waals surface area (Å²) in [6.07, 6.45) is 5.47. The van der Waals surface area contributed by atoms with E-state index in [1.807, 2.05) is 25.4 Å². The van der Waals surface area contributed by atoms with E-state index >= 15 is 0 Å². The van der Waals surface area contributed by atoms with Crippen LogP contribution < -0.4 is 14.8 Å². The number of carbonyl (C=O) groups is 1. The quantitative estimate of drug-likeness (QED) is 0.627. The van der Waals surface area contributed by atoms with Gasteiger partial charge < -0.3 is 14.8 Å². The van der Waals surface area contributed by atoms with Gasteiger partial charge in [0.1, 0.15) is 11.5 Å². The van der Waals surface area contributed by atoms with Crippen molar-refractivity contribution >= 4 is 11.6 Å². The highest BCUT2D eigenvalue weighted by Gasteiger charge is 2.04. The molecule has 3 rings (SSSR count). The Kier molecular flexibility index (Phi) is 5.68. The van der Waals surface area contributed by atoms with Crippen molar-refractivity contribution in [1.29, 1.82) is 0 Å². The number of amides is 1. The molecule has 0 radical (unpaired) electrons. The van der Waals surface area contributed by atoms with E-state index in [-0.39, 0.29) is 12.5 Å². The van der Waals surface area contributed by atoms with Crippen LogP contribution >= 0.6 is 0 Å². The van der Waals surface area contributed by atoms with Crippen LogP contribution in [0.15, 0.2) is 42.7 Å². The van der Waals surface area contributed by atoms with E-state index in [0.717, 1.165) is 35.5 Å². The molecular weight excluding hydrogens is 332 g/mol. The van der Waals surface area contributed by atoms with Gasteiger partial charge in [-0.05, 0) is 49.6 Å². The molecule has 7 heteroatoms. The highest BCUT2D eigenvalue weighted by Crippen LogP contribution is 2.16. The first kappa shape index (κ1) is 17.7. The number of fused-ring (bicyclic) bond motifs is 1. The number of rotatable bonds is 8. The highest BCUT2D eigenvalue weighted by atomic mass is 16.5. The molecule has 1 N–H and O–H groups in total. The number of nitrogens with zero attached hydrogens (tertiary/aromatic N) is 3. The second-order valence-corrected chi connectivity index (χ2v) is 5.97. The van der Waals surface area contributed by atoms with E-state index in [1.165, 1.54) is 0 Å². The minimum atomic E-state index is -0.142. The first-order valence-electron chi connectivity index (χ1n) is 8.48. The van der Waals surface area contributed by atoms with Crippen LogP contribution in [-0.2, 0) is 11.2 Å². The standard InChI is InChI=1S/C19H22N4O3/c1-14-10-18-21-11-15(12-23(18)22-14)4-3-9-20-19(24)13-26-17-7-5-16(25-2)6-8-17/h5-8,10-12H,3-4,9,13H2,1-2H3,(H,20,24). The van der Waals surface area contributed by atoms with Crippen molar-refractivity contribution in [3.05, 3.63) is 54.0 Å². The number of nitrogens with one attached hydrogen (secondary N) is 1. The number of aryl methyl sites for hydroxylation is 2. The van der Waals surface area contributed by atoms with Crippen molar-refractivity contribution in [2.75, 3.05) is 20.3 Å². The predicted octanol–water partition coefficient (Wildman–Crippen LogP) is 2.17. The first-order chi connectivity index (χ1) is 12.6. The molecule has 0 saturated carbocycles. The third kappa shape index (κ3) is 4.72. The topological polar surface area (TPSA) is 77.8 Å². The zero-order valence-corrected chi connectivity index (χ0v) is 14.9. The molecule has 0 unspecified atom stereocenters. The monoisotopic (exact) mass is 354 g/mol. The smallest absolute Gasteiger partial charge is 0.257 e. The molecule has 136 valence electrons. The van der Waals surface area contributed by atoms with E-state index < -0.39 is 0 Å². The first-order valence-corrected chi connectivity index (χ1v) is 8.48. The van der Waals surface area contributed by atoms with Gasteiger partial charge in [-0.3, -0.25) is 4.79 Å². The highest BCUT2D eigenvalue weighted by molar-refractivity contribution is 5.77. The number of ether oxygens (including phenoxy) is 2. The lowest BCUT2D eigenvalue weighted by molar-refractivity contribution is -0.123. The summed E-state index contributed by atoms with van der Waals surface area (Å²) in [4.78, 5) is 16.2. The van der Waals surface area contributed by atoms with Gasteiger partial charge in [-0.25, -0.2) is 9.50 Å². The maximum absolute atomic E-state index is 11.8. The van der Waals surface area contributed by atoms with Crippen LogP contribution in [0.5, 0.6) is 11.5 Å². The molecule has 2 aromatic heterocycles. The number of hydrogen-bond acceptors (Lipinski definition) is 5. The van der Waals surface area contributed by atoms with Crippen LogP contribution in [0.1, 0.15) is 17.7 Å². The largest absolute Gasteiger partial charge is 0.497 e. The molecule has 26 heavy (non-hydrogen) atoms. The molecule has 0 aliphatic heterocycles. The number of aromatic nitrogens is 3. The van der Waals surface area contributed by atoms with Gasteiger partial charge in [-0.2, -0.15) is 5.10 Å². The van der Waals surface area contributed by atoms with Crippen molar-refractivity contribution in [3.63, 3.8) is 0 Å². The Morgan fingerprint density at radius 3 is 2.77 bits per heavy atom. The third-order valence-electron chi connectivity index (χ3n) is 3.88. The van der Waals surface area contributed by atoms with Crippen LogP contribution in [0.4, 0.5) is 0 Å². The van der Waals surface area contributed by atoms with Gasteiger partial charge >= 0.3 is 0 Å². The van der Waals surface area contributed by atoms with Gasteiger partial charge in [0.05, 0.1) is 12.8 Å². The van der Waals surface area contributed by atoms with Gasteiger partial charge in [0.15, 0.2) is 12.3 Å². The zero-order valence-electron chi connectivity index (χ0n) is 14.9. The molecule has 2 heterocycles. The van der Waals surface area contributed by atoms with Gasteiger partial charge in [0.25, 0.3) is 5.91 Å². The minimum absolute atomic E-state index is 0.00753. The molecule has 0 spiro atoms. The lowest BCUT2D eigenvalue weighted by atomic mass is 10.2. The molecular formula is C19H22N4O3. The second kappa shape index (κ2) is 8.33. The van der Waals surface area contributed by atoms with Gasteiger partial charge in [0.2, 0.25) is 0 Å². The number of methoxy groups -OCH3 is 1. The molecule has 0 fully saturated rings. The molecule has 3 aromatic rings. The average Bonchev–Trinajstić information content (AvgIpc) is 3.03. The van der Waals surface area contributed by atoms with E-state index in [2.05, 4.69) is 15.4 Å². The molecule has 0 saturated heterocycles. The zero-order chi connectivity index (χ0) is 18.4. The van der Waals surface area contributed by atoms with E-state index in [0.29, 0.717) is 12.3 Å². The SMILES string of the molecule is COc1ccc(OCC(=O)NCCCc2cnc3cc(C)nn3c2)cc1. The van der Waals surface area contributed by atoms with Gasteiger partial charge in [0, 0.05) is 25.0 Å². The molecule has 0 bridgehead atoms. The molecule has 7 nitrogen and oxygen atoms in total. The summed E-state index contributed by atoms with van der Waals surface area (Å²) in [7, 11) is 1.60. The Morgan fingerprint density at radius 1 is 1.23 bits per heavy atom. The summed E-state index contributed by atoms with van der Waals surface area (Å²) in [6, 6.07) is 9.06. The lowest BCUT2D eigenvalue weighted by Gasteiger charge is -2.08. The van der Waals surface area contributed by atoms with Crippen LogP contribution in [0, 0.1) is 6.92 Å². The Balaban J connectivity index is 1.37. The molecule has 0 aliphatic rings. The Morgan fingerprint density at radius 2 is 2.00 bits per heavy atom. The Bertz CT molecular complexity index is 874. The molecule has 1 aromatic carbocycles. The Labute approximate surface area is 152 Å². The normalized spacial score (nSPS) is 10.7. The van der Waals surface area contributed by atoms with E-state index in [9.17, 15) is 4.79 Å². The van der Waals surface area contributed by atoms with Crippen LogP contribution in [-0.4, -0.2) is 40.8 Å². The minimum Gasteiger partial charge on any atom is -0.497 e. The summed E-state index contributed by atoms with van der Waals surface area (Å²) in [6.45, 7) is 2.52. The number of benzene rings is 1. The molecule has 1 amide bonds. The van der Waals surface area contributed by atoms with Crippen molar-refractivity contribution in [2.45, 2.75) is 19.8 Å². The molecule has 0 aliphatic carbocycles. The van der Waals surface area contributed by atoms with Crippen molar-refractivity contribution in [2.24, 2.45) is 0 Å². The fourth-order valence-corrected chi connectivity index (χ4v) is 2.56. The number of carbonyl (C=O) groups excluding carboxylic acids is 1. The maximum atomic E-state index is 11.8. The fourth-order valence-electron chi connectivity index (χ4n) is 2.56. The van der Waals surface area contributed by atoms with Crippen molar-refractivity contribution in [3.8, 4) is 11.5 Å². The number of hydrogen-bond donors (Lipinski definition) is 1. The maximum Gasteiger partial charge on any atom is 0.257 e. The second-order valence-electron chi connectivity index (χ2n) is 5.97. The van der Waals surface area contributed by atoms with Crippen LogP contribution in [0.3, 0.4) is 0 Å². The summed E-state index contributed by atoms with van der Waals surface area (Å²) in [5.41, 5.74) is 2.87.